The Hall–Kier alpha value is -2.62. The Morgan fingerprint density at radius 2 is 2.23 bits per heavy atom. The topological polar surface area (TPSA) is 78.3 Å². The number of alkyl halides is 3. The summed E-state index contributed by atoms with van der Waals surface area (Å²) in [6.07, 6.45) is -0.763. The molecule has 1 amide bonds. The van der Waals surface area contributed by atoms with E-state index in [0.29, 0.717) is 24.9 Å². The zero-order valence-corrected chi connectivity index (χ0v) is 13.7. The molecule has 1 aliphatic rings. The lowest BCUT2D eigenvalue weighted by atomic mass is 10.1. The minimum Gasteiger partial charge on any atom is -0.468 e. The van der Waals surface area contributed by atoms with Crippen LogP contribution in [0.4, 0.5) is 19.0 Å². The molecule has 3 heterocycles. The summed E-state index contributed by atoms with van der Waals surface area (Å²) in [7, 11) is 0. The molecule has 1 fully saturated rings. The number of aromatic nitrogens is 3. The Morgan fingerprint density at radius 1 is 1.38 bits per heavy atom. The fraction of sp³-hybridized carbons (Fsp3) is 0.438. The van der Waals surface area contributed by atoms with Crippen molar-refractivity contribution in [1.82, 2.24) is 14.8 Å². The summed E-state index contributed by atoms with van der Waals surface area (Å²) in [6, 6.07) is 4.23. The second kappa shape index (κ2) is 7.73. The van der Waals surface area contributed by atoms with Crippen LogP contribution in [0.5, 0.6) is 5.88 Å². The SMILES string of the molecule is O=C(Nc1ccnn1CC1CCOC1)c1ccc(OCC(F)(F)F)nc1. The molecule has 1 aliphatic heterocycles. The number of nitrogens with one attached hydrogen (secondary N) is 1. The van der Waals surface area contributed by atoms with E-state index in [0.717, 1.165) is 19.2 Å². The Kier molecular flexibility index (Phi) is 5.40. The van der Waals surface area contributed by atoms with Gasteiger partial charge in [-0.25, -0.2) is 9.67 Å². The summed E-state index contributed by atoms with van der Waals surface area (Å²) in [5, 5.41) is 6.91. The average Bonchev–Trinajstić information content (AvgIpc) is 3.26. The minimum atomic E-state index is -4.44. The number of hydrogen-bond donors (Lipinski definition) is 1. The maximum atomic E-state index is 12.3. The number of halogens is 3. The van der Waals surface area contributed by atoms with Crippen molar-refractivity contribution >= 4 is 11.7 Å². The second-order valence-corrected chi connectivity index (χ2v) is 5.87. The smallest absolute Gasteiger partial charge is 0.422 e. The number of nitrogens with zero attached hydrogens (tertiary/aromatic N) is 3. The van der Waals surface area contributed by atoms with E-state index < -0.39 is 18.7 Å². The summed E-state index contributed by atoms with van der Waals surface area (Å²) < 4.78 is 47.9. The van der Waals surface area contributed by atoms with Crippen LogP contribution in [0.3, 0.4) is 0 Å². The van der Waals surface area contributed by atoms with Crippen LogP contribution in [-0.4, -0.2) is 46.7 Å². The molecule has 26 heavy (non-hydrogen) atoms. The van der Waals surface area contributed by atoms with E-state index in [1.54, 1.807) is 16.9 Å². The van der Waals surface area contributed by atoms with Crippen molar-refractivity contribution in [2.75, 3.05) is 25.1 Å². The summed E-state index contributed by atoms with van der Waals surface area (Å²) in [5.74, 6) is 0.228. The normalized spacial score (nSPS) is 17.3. The molecule has 2 aromatic rings. The number of pyridine rings is 1. The fourth-order valence-electron chi connectivity index (χ4n) is 2.50. The maximum absolute atomic E-state index is 12.3. The van der Waals surface area contributed by atoms with E-state index in [2.05, 4.69) is 20.1 Å². The number of anilines is 1. The molecule has 0 spiro atoms. The molecule has 2 aromatic heterocycles. The predicted molar refractivity (Wildman–Crippen MR) is 84.9 cm³/mol. The highest BCUT2D eigenvalue weighted by molar-refractivity contribution is 6.03. The molecular weight excluding hydrogens is 353 g/mol. The standard InChI is InChI=1S/C16H17F3N4O3/c17-16(18,19)10-26-14-2-1-12(7-20-14)15(24)22-13-3-5-21-23(13)8-11-4-6-25-9-11/h1-3,5,7,11H,4,6,8-10H2,(H,22,24). The van der Waals surface area contributed by atoms with Gasteiger partial charge in [-0.15, -0.1) is 0 Å². The van der Waals surface area contributed by atoms with E-state index in [1.807, 2.05) is 0 Å². The van der Waals surface area contributed by atoms with Crippen molar-refractivity contribution in [2.45, 2.75) is 19.1 Å². The van der Waals surface area contributed by atoms with Crippen LogP contribution < -0.4 is 10.1 Å². The highest BCUT2D eigenvalue weighted by Crippen LogP contribution is 2.19. The lowest BCUT2D eigenvalue weighted by Crippen LogP contribution is -2.20. The van der Waals surface area contributed by atoms with Gasteiger partial charge in [0.25, 0.3) is 5.91 Å². The molecule has 3 rings (SSSR count). The zero-order chi connectivity index (χ0) is 18.6. The van der Waals surface area contributed by atoms with Crippen LogP contribution in [0.2, 0.25) is 0 Å². The van der Waals surface area contributed by atoms with Crippen LogP contribution in [0.25, 0.3) is 0 Å². The Balaban J connectivity index is 1.59. The summed E-state index contributed by atoms with van der Waals surface area (Å²) in [4.78, 5) is 16.0. The summed E-state index contributed by atoms with van der Waals surface area (Å²) >= 11 is 0. The molecular formula is C16H17F3N4O3. The second-order valence-electron chi connectivity index (χ2n) is 5.87. The quantitative estimate of drug-likeness (QED) is 0.845. The molecule has 1 atom stereocenters. The van der Waals surface area contributed by atoms with Gasteiger partial charge in [-0.05, 0) is 12.5 Å². The molecule has 0 bridgehead atoms. The van der Waals surface area contributed by atoms with E-state index in [-0.39, 0.29) is 11.4 Å². The third-order valence-electron chi connectivity index (χ3n) is 3.80. The first-order chi connectivity index (χ1) is 12.4. The molecule has 0 aliphatic carbocycles. The summed E-state index contributed by atoms with van der Waals surface area (Å²) in [5.41, 5.74) is 0.196. The van der Waals surface area contributed by atoms with Crippen LogP contribution in [-0.2, 0) is 11.3 Å². The third-order valence-corrected chi connectivity index (χ3v) is 3.80. The lowest BCUT2D eigenvalue weighted by molar-refractivity contribution is -0.154. The van der Waals surface area contributed by atoms with Crippen molar-refractivity contribution in [3.63, 3.8) is 0 Å². The van der Waals surface area contributed by atoms with Crippen molar-refractivity contribution in [3.8, 4) is 5.88 Å². The average molecular weight is 370 g/mol. The maximum Gasteiger partial charge on any atom is 0.422 e. The fourth-order valence-corrected chi connectivity index (χ4v) is 2.50. The number of carbonyl (C=O) groups excluding carboxylic acids is 1. The van der Waals surface area contributed by atoms with Gasteiger partial charge >= 0.3 is 6.18 Å². The Bertz CT molecular complexity index is 740. The van der Waals surface area contributed by atoms with E-state index in [9.17, 15) is 18.0 Å². The van der Waals surface area contributed by atoms with Gasteiger partial charge < -0.3 is 14.8 Å². The van der Waals surface area contributed by atoms with E-state index in [1.165, 1.54) is 12.1 Å². The number of carbonyl (C=O) groups is 1. The van der Waals surface area contributed by atoms with Crippen molar-refractivity contribution in [3.05, 3.63) is 36.2 Å². The van der Waals surface area contributed by atoms with Crippen LogP contribution in [0, 0.1) is 5.92 Å². The van der Waals surface area contributed by atoms with Gasteiger partial charge in [0, 0.05) is 37.4 Å². The molecule has 0 aromatic carbocycles. The minimum absolute atomic E-state index is 0.196. The third kappa shape index (κ3) is 4.94. The van der Waals surface area contributed by atoms with E-state index >= 15 is 0 Å². The van der Waals surface area contributed by atoms with Crippen molar-refractivity contribution in [1.29, 1.82) is 0 Å². The first-order valence-corrected chi connectivity index (χ1v) is 7.97. The number of hydrogen-bond acceptors (Lipinski definition) is 5. The van der Waals surface area contributed by atoms with Gasteiger partial charge in [0.15, 0.2) is 6.61 Å². The molecule has 1 N–H and O–H groups in total. The highest BCUT2D eigenvalue weighted by atomic mass is 19.4. The van der Waals surface area contributed by atoms with Gasteiger partial charge in [-0.2, -0.15) is 18.3 Å². The largest absolute Gasteiger partial charge is 0.468 e. The predicted octanol–water partition coefficient (Wildman–Crippen LogP) is 2.51. The Labute approximate surface area is 147 Å². The zero-order valence-electron chi connectivity index (χ0n) is 13.7. The van der Waals surface area contributed by atoms with Gasteiger partial charge in [-0.1, -0.05) is 0 Å². The van der Waals surface area contributed by atoms with Crippen molar-refractivity contribution in [2.24, 2.45) is 5.92 Å². The van der Waals surface area contributed by atoms with Gasteiger partial charge in [-0.3, -0.25) is 4.79 Å². The van der Waals surface area contributed by atoms with Crippen molar-refractivity contribution < 1.29 is 27.4 Å². The first-order valence-electron chi connectivity index (χ1n) is 7.97. The van der Waals surface area contributed by atoms with Gasteiger partial charge in [0.1, 0.15) is 5.82 Å². The summed E-state index contributed by atoms with van der Waals surface area (Å²) in [6.45, 7) is 0.583. The molecule has 140 valence electrons. The Morgan fingerprint density at radius 3 is 2.88 bits per heavy atom. The number of amides is 1. The van der Waals surface area contributed by atoms with Crippen LogP contribution >= 0.6 is 0 Å². The molecule has 10 heteroatoms. The van der Waals surface area contributed by atoms with Gasteiger partial charge in [0.2, 0.25) is 5.88 Å². The van der Waals surface area contributed by atoms with Crippen LogP contribution in [0.1, 0.15) is 16.8 Å². The monoisotopic (exact) mass is 370 g/mol. The van der Waals surface area contributed by atoms with E-state index in [4.69, 9.17) is 4.74 Å². The molecule has 7 nitrogen and oxygen atoms in total. The molecule has 1 saturated heterocycles. The molecule has 0 saturated carbocycles. The molecule has 0 radical (unpaired) electrons. The highest BCUT2D eigenvalue weighted by Gasteiger charge is 2.28. The first kappa shape index (κ1) is 18.2. The number of rotatable bonds is 6. The number of ether oxygens (including phenoxy) is 2. The van der Waals surface area contributed by atoms with Crippen LogP contribution in [0.15, 0.2) is 30.6 Å². The lowest BCUT2D eigenvalue weighted by Gasteiger charge is -2.12. The molecule has 1 unspecified atom stereocenters. The van der Waals surface area contributed by atoms with Gasteiger partial charge in [0.05, 0.1) is 18.4 Å².